The van der Waals surface area contributed by atoms with Gasteiger partial charge < -0.3 is 19.8 Å². The van der Waals surface area contributed by atoms with E-state index >= 15 is 0 Å². The quantitative estimate of drug-likeness (QED) is 0.640. The molecule has 4 aliphatic rings. The lowest BCUT2D eigenvalue weighted by Crippen LogP contribution is -2.38. The van der Waals surface area contributed by atoms with Crippen molar-refractivity contribution in [2.45, 2.75) is 38.5 Å². The molecule has 4 nitrogen and oxygen atoms in total. The molecule has 4 aliphatic carbocycles. The summed E-state index contributed by atoms with van der Waals surface area (Å²) in [7, 11) is 0. The summed E-state index contributed by atoms with van der Waals surface area (Å²) in [6.45, 7) is 0. The number of carbonyl (C=O) groups excluding carboxylic acids is 2. The Bertz CT molecular complexity index is 286. The Morgan fingerprint density at radius 2 is 0.889 bits per heavy atom. The first kappa shape index (κ1) is 13.1. The van der Waals surface area contributed by atoms with Crippen LogP contribution in [0.3, 0.4) is 0 Å². The average molecular weight is 250 g/mol. The molecule has 0 spiro atoms. The van der Waals surface area contributed by atoms with Crippen LogP contribution in [0, 0.1) is 23.7 Å². The number of rotatable bonds is 2. The summed E-state index contributed by atoms with van der Waals surface area (Å²) in [4.78, 5) is 18.8. The van der Waals surface area contributed by atoms with Crippen molar-refractivity contribution in [1.29, 1.82) is 0 Å². The SMILES string of the molecule is C1C2CC3CC1CC(C2)C3.O=C([O-])/C=C/C(=O)[O-]. The zero-order chi connectivity index (χ0) is 13.1. The van der Waals surface area contributed by atoms with Crippen molar-refractivity contribution in [1.82, 2.24) is 0 Å². The largest absolute Gasteiger partial charge is 0.545 e. The molecule has 0 radical (unpaired) electrons. The molecule has 0 aliphatic heterocycles. The number of carboxylic acid groups (broad SMARTS) is 2. The standard InChI is InChI=1S/C10H16.C4H4O4/c1-7-2-9-4-8(1)5-10(3-7)6-9;5-3(6)1-2-4(7)8/h7-10H,1-6H2;1-2H,(H,5,6)(H,7,8)/p-2/b;2-1+. The fraction of sp³-hybridized carbons (Fsp3) is 0.714. The van der Waals surface area contributed by atoms with Crippen LogP contribution in [0.1, 0.15) is 38.5 Å². The summed E-state index contributed by atoms with van der Waals surface area (Å²) in [6.07, 6.45) is 10.4. The van der Waals surface area contributed by atoms with Gasteiger partial charge in [0.05, 0.1) is 11.9 Å². The number of carbonyl (C=O) groups is 2. The fourth-order valence-corrected chi connectivity index (χ4v) is 4.12. The average Bonchev–Trinajstić information content (AvgIpc) is 2.25. The van der Waals surface area contributed by atoms with Crippen molar-refractivity contribution < 1.29 is 19.8 Å². The molecule has 0 unspecified atom stereocenters. The van der Waals surface area contributed by atoms with Gasteiger partial charge in [0.1, 0.15) is 0 Å². The van der Waals surface area contributed by atoms with Gasteiger partial charge in [-0.3, -0.25) is 0 Å². The first-order valence-corrected chi connectivity index (χ1v) is 6.63. The van der Waals surface area contributed by atoms with Crippen molar-refractivity contribution >= 4 is 11.9 Å². The maximum absolute atomic E-state index is 9.41. The van der Waals surface area contributed by atoms with Crippen molar-refractivity contribution in [3.63, 3.8) is 0 Å². The third-order valence-corrected chi connectivity index (χ3v) is 4.36. The molecular weight excluding hydrogens is 232 g/mol. The highest BCUT2D eigenvalue weighted by molar-refractivity contribution is 5.87. The molecule has 4 rings (SSSR count). The summed E-state index contributed by atoms with van der Waals surface area (Å²) >= 11 is 0. The minimum Gasteiger partial charge on any atom is -0.545 e. The second-order valence-corrected chi connectivity index (χ2v) is 5.85. The molecular formula is C14H18O4-2. The van der Waals surface area contributed by atoms with E-state index in [0.29, 0.717) is 12.2 Å². The first-order valence-electron chi connectivity index (χ1n) is 6.63. The molecule has 0 saturated heterocycles. The van der Waals surface area contributed by atoms with Crippen LogP contribution >= 0.6 is 0 Å². The van der Waals surface area contributed by atoms with E-state index in [4.69, 9.17) is 0 Å². The van der Waals surface area contributed by atoms with Gasteiger partial charge >= 0.3 is 0 Å². The van der Waals surface area contributed by atoms with Crippen molar-refractivity contribution in [3.05, 3.63) is 12.2 Å². The Morgan fingerprint density at radius 1 is 0.667 bits per heavy atom. The summed E-state index contributed by atoms with van der Waals surface area (Å²) in [5.74, 6) is 1.61. The van der Waals surface area contributed by atoms with E-state index in [1.165, 1.54) is 23.7 Å². The van der Waals surface area contributed by atoms with Crippen LogP contribution in [0.4, 0.5) is 0 Å². The molecule has 0 aromatic heterocycles. The molecule has 18 heavy (non-hydrogen) atoms. The van der Waals surface area contributed by atoms with E-state index in [-0.39, 0.29) is 0 Å². The predicted molar refractivity (Wildman–Crippen MR) is 60.8 cm³/mol. The zero-order valence-electron chi connectivity index (χ0n) is 10.3. The molecule has 0 heterocycles. The van der Waals surface area contributed by atoms with E-state index < -0.39 is 11.9 Å². The Morgan fingerprint density at radius 3 is 1.06 bits per heavy atom. The zero-order valence-corrected chi connectivity index (χ0v) is 10.3. The smallest absolute Gasteiger partial charge is 0.0643 e. The van der Waals surface area contributed by atoms with E-state index in [2.05, 4.69) is 0 Å². The molecule has 0 atom stereocenters. The van der Waals surface area contributed by atoms with Crippen molar-refractivity contribution in [3.8, 4) is 0 Å². The lowest BCUT2D eigenvalue weighted by Gasteiger charge is -2.49. The Kier molecular flexibility index (Phi) is 4.04. The molecule has 0 aromatic carbocycles. The Labute approximate surface area is 107 Å². The van der Waals surface area contributed by atoms with Gasteiger partial charge in [0.2, 0.25) is 0 Å². The topological polar surface area (TPSA) is 80.3 Å². The van der Waals surface area contributed by atoms with Gasteiger partial charge in [-0.15, -0.1) is 0 Å². The lowest BCUT2D eigenvalue weighted by molar-refractivity contribution is -0.301. The van der Waals surface area contributed by atoms with Gasteiger partial charge in [-0.25, -0.2) is 0 Å². The van der Waals surface area contributed by atoms with Crippen LogP contribution in [0.15, 0.2) is 12.2 Å². The van der Waals surface area contributed by atoms with Crippen LogP contribution in [0.25, 0.3) is 0 Å². The second-order valence-electron chi connectivity index (χ2n) is 5.85. The highest BCUT2D eigenvalue weighted by atomic mass is 16.4. The van der Waals surface area contributed by atoms with E-state index in [1.807, 2.05) is 0 Å². The highest BCUT2D eigenvalue weighted by Gasteiger charge is 2.41. The minimum atomic E-state index is -1.55. The molecule has 4 bridgehead atoms. The lowest BCUT2D eigenvalue weighted by atomic mass is 9.56. The Hall–Kier alpha value is -1.32. The maximum Gasteiger partial charge on any atom is 0.0643 e. The van der Waals surface area contributed by atoms with Crippen LogP contribution in [0.2, 0.25) is 0 Å². The van der Waals surface area contributed by atoms with Gasteiger partial charge in [-0.2, -0.15) is 0 Å². The molecule has 4 saturated carbocycles. The third-order valence-electron chi connectivity index (χ3n) is 4.36. The van der Waals surface area contributed by atoms with E-state index in [0.717, 1.165) is 0 Å². The number of carboxylic acids is 2. The first-order chi connectivity index (χ1) is 8.52. The van der Waals surface area contributed by atoms with Crippen LogP contribution < -0.4 is 10.2 Å². The molecule has 0 aromatic rings. The maximum atomic E-state index is 9.41. The summed E-state index contributed by atoms with van der Waals surface area (Å²) < 4.78 is 0. The molecule has 0 amide bonds. The third kappa shape index (κ3) is 3.59. The van der Waals surface area contributed by atoms with Crippen LogP contribution in [-0.4, -0.2) is 11.9 Å². The van der Waals surface area contributed by atoms with E-state index in [1.54, 1.807) is 38.5 Å². The van der Waals surface area contributed by atoms with Gasteiger partial charge in [0, 0.05) is 0 Å². The van der Waals surface area contributed by atoms with Gasteiger partial charge in [-0.05, 0) is 74.3 Å². The van der Waals surface area contributed by atoms with Crippen molar-refractivity contribution in [2.75, 3.05) is 0 Å². The summed E-state index contributed by atoms with van der Waals surface area (Å²) in [6, 6.07) is 0. The number of aliphatic carboxylic acids is 2. The second kappa shape index (κ2) is 5.55. The summed E-state index contributed by atoms with van der Waals surface area (Å²) in [5.41, 5.74) is 0. The monoisotopic (exact) mass is 250 g/mol. The van der Waals surface area contributed by atoms with E-state index in [9.17, 15) is 19.8 Å². The van der Waals surface area contributed by atoms with Crippen LogP contribution in [0.5, 0.6) is 0 Å². The fourth-order valence-electron chi connectivity index (χ4n) is 4.12. The van der Waals surface area contributed by atoms with Crippen molar-refractivity contribution in [2.24, 2.45) is 23.7 Å². The highest BCUT2D eigenvalue weighted by Crippen LogP contribution is 2.53. The number of hydrogen-bond acceptors (Lipinski definition) is 4. The molecule has 0 N–H and O–H groups in total. The normalized spacial score (nSPS) is 36.2. The minimum absolute atomic E-state index is 0.384. The van der Waals surface area contributed by atoms with Gasteiger partial charge in [0.15, 0.2) is 0 Å². The predicted octanol–water partition coefficient (Wildman–Crippen LogP) is -0.125. The number of hydrogen-bond donors (Lipinski definition) is 0. The van der Waals surface area contributed by atoms with Gasteiger partial charge in [0.25, 0.3) is 0 Å². The van der Waals surface area contributed by atoms with Crippen LogP contribution in [-0.2, 0) is 9.59 Å². The molecule has 4 heteroatoms. The van der Waals surface area contributed by atoms with Gasteiger partial charge in [-0.1, -0.05) is 0 Å². The molecule has 100 valence electrons. The summed E-state index contributed by atoms with van der Waals surface area (Å²) in [5, 5.41) is 18.8. The Balaban J connectivity index is 0.000000139. The molecule has 4 fully saturated rings.